The van der Waals surface area contributed by atoms with Gasteiger partial charge in [0.1, 0.15) is 17.9 Å². The fourth-order valence-corrected chi connectivity index (χ4v) is 2.60. The van der Waals surface area contributed by atoms with Crippen LogP contribution in [0.2, 0.25) is 0 Å². The van der Waals surface area contributed by atoms with Crippen molar-refractivity contribution in [2.75, 3.05) is 6.61 Å². The van der Waals surface area contributed by atoms with Gasteiger partial charge in [-0.05, 0) is 19.4 Å². The van der Waals surface area contributed by atoms with Crippen molar-refractivity contribution in [3.05, 3.63) is 41.5 Å². The molecular weight excluding hydrogens is 282 g/mol. The minimum Gasteiger partial charge on any atom is -0.371 e. The molecule has 0 bridgehead atoms. The Bertz CT molecular complexity index is 712. The first kappa shape index (κ1) is 14.4. The van der Waals surface area contributed by atoms with Crippen molar-refractivity contribution in [1.29, 1.82) is 5.26 Å². The number of ether oxygens (including phenoxy) is 1. The van der Waals surface area contributed by atoms with Gasteiger partial charge in [0.25, 0.3) is 5.91 Å². The first-order chi connectivity index (χ1) is 10.7. The molecule has 22 heavy (non-hydrogen) atoms. The topological polar surface area (TPSA) is 95.7 Å². The molecule has 2 N–H and O–H groups in total. The lowest BCUT2D eigenvalue weighted by Crippen LogP contribution is -2.36. The van der Waals surface area contributed by atoms with Crippen LogP contribution in [-0.2, 0) is 11.3 Å². The van der Waals surface area contributed by atoms with E-state index in [0.29, 0.717) is 17.9 Å². The highest BCUT2D eigenvalue weighted by atomic mass is 16.5. The normalized spacial score (nSPS) is 20.7. The van der Waals surface area contributed by atoms with Crippen LogP contribution in [0.25, 0.3) is 0 Å². The highest BCUT2D eigenvalue weighted by Crippen LogP contribution is 2.29. The van der Waals surface area contributed by atoms with Gasteiger partial charge in [-0.15, -0.1) is 0 Å². The van der Waals surface area contributed by atoms with Crippen LogP contribution in [0.4, 0.5) is 0 Å². The minimum absolute atomic E-state index is 0.101. The third-order valence-electron chi connectivity index (χ3n) is 3.77. The third-order valence-corrected chi connectivity index (χ3v) is 3.77. The maximum atomic E-state index is 12.2. The van der Waals surface area contributed by atoms with E-state index in [-0.39, 0.29) is 18.1 Å². The Labute approximate surface area is 127 Å². The zero-order chi connectivity index (χ0) is 15.5. The van der Waals surface area contributed by atoms with Crippen molar-refractivity contribution in [3.8, 4) is 6.07 Å². The SMILES string of the molecule is CCn1cc([C@H]2OCC[C@@H]2NC(=O)c2cc(C#N)c[nH]2)cn1. The summed E-state index contributed by atoms with van der Waals surface area (Å²) in [6, 6.07) is 3.43. The molecule has 3 rings (SSSR count). The van der Waals surface area contributed by atoms with Crippen LogP contribution in [0, 0.1) is 11.3 Å². The quantitative estimate of drug-likeness (QED) is 0.891. The van der Waals surface area contributed by atoms with Crippen molar-refractivity contribution in [2.24, 2.45) is 0 Å². The molecule has 1 amide bonds. The van der Waals surface area contributed by atoms with E-state index in [1.807, 2.05) is 23.9 Å². The number of aryl methyl sites for hydroxylation is 1. The van der Waals surface area contributed by atoms with E-state index in [1.54, 1.807) is 6.20 Å². The summed E-state index contributed by atoms with van der Waals surface area (Å²) in [5.74, 6) is -0.232. The van der Waals surface area contributed by atoms with Crippen molar-refractivity contribution in [1.82, 2.24) is 20.1 Å². The minimum atomic E-state index is -0.232. The third kappa shape index (κ3) is 2.73. The standard InChI is InChI=1S/C15H17N5O2/c1-2-20-9-11(8-18-20)14-12(3-4-22-14)19-15(21)13-5-10(6-16)7-17-13/h5,7-9,12,14,17H,2-4H2,1H3,(H,19,21)/t12-,14+/m0/s1. The largest absolute Gasteiger partial charge is 0.371 e. The van der Waals surface area contributed by atoms with Gasteiger partial charge >= 0.3 is 0 Å². The Morgan fingerprint density at radius 1 is 1.68 bits per heavy atom. The summed E-state index contributed by atoms with van der Waals surface area (Å²) in [4.78, 5) is 15.0. The molecule has 7 heteroatoms. The number of rotatable bonds is 4. The summed E-state index contributed by atoms with van der Waals surface area (Å²) in [5.41, 5.74) is 1.79. The molecule has 7 nitrogen and oxygen atoms in total. The van der Waals surface area contributed by atoms with E-state index in [4.69, 9.17) is 10.00 Å². The second-order valence-corrected chi connectivity index (χ2v) is 5.20. The Kier molecular flexibility index (Phi) is 3.94. The molecule has 2 atom stereocenters. The van der Waals surface area contributed by atoms with Gasteiger partial charge in [-0.3, -0.25) is 9.48 Å². The van der Waals surface area contributed by atoms with E-state index in [9.17, 15) is 4.79 Å². The number of H-pyrrole nitrogens is 1. The van der Waals surface area contributed by atoms with E-state index in [2.05, 4.69) is 15.4 Å². The van der Waals surface area contributed by atoms with Crippen molar-refractivity contribution < 1.29 is 9.53 Å². The summed E-state index contributed by atoms with van der Waals surface area (Å²) in [7, 11) is 0. The molecule has 0 aliphatic carbocycles. The highest BCUT2D eigenvalue weighted by molar-refractivity contribution is 5.93. The first-order valence-corrected chi connectivity index (χ1v) is 7.24. The number of nitrogens with one attached hydrogen (secondary N) is 2. The summed E-state index contributed by atoms with van der Waals surface area (Å²) in [5, 5.41) is 16.0. The number of hydrogen-bond donors (Lipinski definition) is 2. The molecule has 1 aliphatic heterocycles. The van der Waals surface area contributed by atoms with E-state index < -0.39 is 0 Å². The molecule has 0 saturated carbocycles. The molecule has 0 spiro atoms. The Morgan fingerprint density at radius 3 is 3.23 bits per heavy atom. The summed E-state index contributed by atoms with van der Waals surface area (Å²) in [6.45, 7) is 3.41. The highest BCUT2D eigenvalue weighted by Gasteiger charge is 2.32. The Hall–Kier alpha value is -2.59. The van der Waals surface area contributed by atoms with Gasteiger partial charge in [-0.2, -0.15) is 10.4 Å². The Balaban J connectivity index is 1.70. The van der Waals surface area contributed by atoms with Gasteiger partial charge in [-0.1, -0.05) is 0 Å². The maximum Gasteiger partial charge on any atom is 0.268 e. The first-order valence-electron chi connectivity index (χ1n) is 7.24. The monoisotopic (exact) mass is 299 g/mol. The van der Waals surface area contributed by atoms with Crippen LogP contribution >= 0.6 is 0 Å². The molecule has 3 heterocycles. The van der Waals surface area contributed by atoms with Gasteiger partial charge in [0, 0.05) is 31.1 Å². The van der Waals surface area contributed by atoms with E-state index in [1.165, 1.54) is 12.3 Å². The molecule has 114 valence electrons. The molecule has 1 aliphatic rings. The van der Waals surface area contributed by atoms with E-state index in [0.717, 1.165) is 18.5 Å². The second-order valence-electron chi connectivity index (χ2n) is 5.20. The molecule has 1 fully saturated rings. The molecule has 0 aromatic carbocycles. The van der Waals surface area contributed by atoms with Gasteiger partial charge in [0.15, 0.2) is 0 Å². The number of hydrogen-bond acceptors (Lipinski definition) is 4. The average molecular weight is 299 g/mol. The van der Waals surface area contributed by atoms with Crippen molar-refractivity contribution >= 4 is 5.91 Å². The zero-order valence-electron chi connectivity index (χ0n) is 12.2. The van der Waals surface area contributed by atoms with E-state index >= 15 is 0 Å². The van der Waals surface area contributed by atoms with Crippen LogP contribution in [0.3, 0.4) is 0 Å². The number of aromatic nitrogens is 3. The van der Waals surface area contributed by atoms with Crippen LogP contribution in [0.5, 0.6) is 0 Å². The number of nitriles is 1. The van der Waals surface area contributed by atoms with Gasteiger partial charge in [0.2, 0.25) is 0 Å². The molecule has 2 aromatic heterocycles. The summed E-state index contributed by atoms with van der Waals surface area (Å²) >= 11 is 0. The van der Waals surface area contributed by atoms with Gasteiger partial charge < -0.3 is 15.0 Å². The lowest BCUT2D eigenvalue weighted by atomic mass is 10.1. The number of carbonyl (C=O) groups excluding carboxylic acids is 1. The zero-order valence-corrected chi connectivity index (χ0v) is 12.2. The van der Waals surface area contributed by atoms with Crippen LogP contribution in [0.15, 0.2) is 24.7 Å². The molecular formula is C15H17N5O2. The predicted octanol–water partition coefficient (Wildman–Crippen LogP) is 1.36. The fraction of sp³-hybridized carbons (Fsp3) is 0.400. The molecule has 0 radical (unpaired) electrons. The average Bonchev–Trinajstić information content (AvgIpc) is 3.26. The van der Waals surface area contributed by atoms with Crippen molar-refractivity contribution in [2.45, 2.75) is 32.0 Å². The maximum absolute atomic E-state index is 12.2. The number of carbonyl (C=O) groups is 1. The smallest absolute Gasteiger partial charge is 0.268 e. The van der Waals surface area contributed by atoms with Gasteiger partial charge in [0.05, 0.1) is 17.8 Å². The predicted molar refractivity (Wildman–Crippen MR) is 78.0 cm³/mol. The molecule has 1 saturated heterocycles. The number of nitrogens with zero attached hydrogens (tertiary/aromatic N) is 3. The number of aromatic amines is 1. The second kappa shape index (κ2) is 6.03. The fourth-order valence-electron chi connectivity index (χ4n) is 2.60. The summed E-state index contributed by atoms with van der Waals surface area (Å²) in [6.07, 6.45) is 5.80. The molecule has 2 aromatic rings. The molecule has 0 unspecified atom stereocenters. The summed E-state index contributed by atoms with van der Waals surface area (Å²) < 4.78 is 7.58. The van der Waals surface area contributed by atoms with Crippen LogP contribution in [-0.4, -0.2) is 33.3 Å². The van der Waals surface area contributed by atoms with Crippen LogP contribution in [0.1, 0.15) is 41.1 Å². The Morgan fingerprint density at radius 2 is 2.55 bits per heavy atom. The van der Waals surface area contributed by atoms with Crippen LogP contribution < -0.4 is 5.32 Å². The van der Waals surface area contributed by atoms with Gasteiger partial charge in [-0.25, -0.2) is 0 Å². The number of amides is 1. The van der Waals surface area contributed by atoms with Crippen molar-refractivity contribution in [3.63, 3.8) is 0 Å². The lowest BCUT2D eigenvalue weighted by Gasteiger charge is -2.18. The lowest BCUT2D eigenvalue weighted by molar-refractivity contribution is 0.0818.